The Morgan fingerprint density at radius 3 is 2.78 bits per heavy atom. The van der Waals surface area contributed by atoms with Gasteiger partial charge in [0.25, 0.3) is 0 Å². The van der Waals surface area contributed by atoms with Crippen LogP contribution in [0, 0.1) is 12.8 Å². The van der Waals surface area contributed by atoms with Crippen LogP contribution < -0.4 is 5.73 Å². The number of halogens is 1. The Hall–Kier alpha value is -1.29. The van der Waals surface area contributed by atoms with Gasteiger partial charge >= 0.3 is 0 Å². The van der Waals surface area contributed by atoms with Crippen LogP contribution in [0.25, 0.3) is 11.3 Å². The number of hydrogen-bond donors (Lipinski definition) is 1. The van der Waals surface area contributed by atoms with Gasteiger partial charge in [-0.05, 0) is 30.9 Å². The maximum Gasteiger partial charge on any atom is 0.225 e. The second-order valence-corrected chi connectivity index (χ2v) is 5.74. The lowest BCUT2D eigenvalue weighted by molar-refractivity contribution is 0.438. The van der Waals surface area contributed by atoms with E-state index >= 15 is 0 Å². The highest BCUT2D eigenvalue weighted by Crippen LogP contribution is 2.33. The Morgan fingerprint density at radius 1 is 1.39 bits per heavy atom. The first-order chi connectivity index (χ1) is 8.50. The molecular formula is C14H17BrN2O. The fraction of sp³-hybridized carbons (Fsp3) is 0.357. The van der Waals surface area contributed by atoms with Gasteiger partial charge in [-0.25, -0.2) is 0 Å². The molecule has 2 N–H and O–H groups in total. The van der Waals surface area contributed by atoms with E-state index in [2.05, 4.69) is 41.9 Å². The zero-order chi connectivity index (χ0) is 13.3. The van der Waals surface area contributed by atoms with Crippen LogP contribution in [-0.4, -0.2) is 5.16 Å². The molecule has 0 saturated heterocycles. The summed E-state index contributed by atoms with van der Waals surface area (Å²) in [4.78, 5) is 0. The van der Waals surface area contributed by atoms with E-state index < -0.39 is 0 Å². The van der Waals surface area contributed by atoms with Crippen LogP contribution in [0.15, 0.2) is 27.2 Å². The summed E-state index contributed by atoms with van der Waals surface area (Å²) in [5.74, 6) is 0.941. The number of hydrogen-bond acceptors (Lipinski definition) is 3. The van der Waals surface area contributed by atoms with E-state index in [4.69, 9.17) is 10.3 Å². The van der Waals surface area contributed by atoms with Crippen LogP contribution >= 0.6 is 15.9 Å². The highest BCUT2D eigenvalue weighted by Gasteiger charge is 2.18. The molecule has 4 heteroatoms. The fourth-order valence-corrected chi connectivity index (χ4v) is 2.37. The maximum atomic E-state index is 5.87. The van der Waals surface area contributed by atoms with Crippen LogP contribution in [0.1, 0.15) is 25.0 Å². The largest absolute Gasteiger partial charge is 0.367 e. The summed E-state index contributed by atoms with van der Waals surface area (Å²) in [6, 6.07) is 6.06. The lowest BCUT2D eigenvalue weighted by Gasteiger charge is -2.08. The van der Waals surface area contributed by atoms with E-state index in [-0.39, 0.29) is 0 Å². The van der Waals surface area contributed by atoms with Gasteiger partial charge in [0.1, 0.15) is 5.69 Å². The molecule has 96 valence electrons. The molecule has 0 amide bonds. The average Bonchev–Trinajstić information content (AvgIpc) is 2.64. The quantitative estimate of drug-likeness (QED) is 0.924. The number of nitrogens with two attached hydrogens (primary N) is 1. The minimum Gasteiger partial charge on any atom is -0.367 e. The minimum absolute atomic E-state index is 0.429. The van der Waals surface area contributed by atoms with Gasteiger partial charge in [0.15, 0.2) is 0 Å². The molecule has 0 radical (unpaired) electrons. The molecule has 2 rings (SSSR count). The van der Waals surface area contributed by atoms with E-state index in [1.54, 1.807) is 0 Å². The minimum atomic E-state index is 0.429. The van der Waals surface area contributed by atoms with Gasteiger partial charge in [-0.1, -0.05) is 47.1 Å². The zero-order valence-electron chi connectivity index (χ0n) is 10.8. The maximum absolute atomic E-state index is 5.87. The van der Waals surface area contributed by atoms with E-state index in [0.717, 1.165) is 33.3 Å². The predicted molar refractivity (Wildman–Crippen MR) is 77.3 cm³/mol. The molecule has 1 aromatic carbocycles. The lowest BCUT2D eigenvalue weighted by Crippen LogP contribution is -1.99. The molecule has 0 aliphatic rings. The molecule has 0 fully saturated rings. The first-order valence-electron chi connectivity index (χ1n) is 6.00. The van der Waals surface area contributed by atoms with Crippen molar-refractivity contribution in [1.82, 2.24) is 5.16 Å². The highest BCUT2D eigenvalue weighted by atomic mass is 79.9. The Labute approximate surface area is 115 Å². The molecule has 0 unspecified atom stereocenters. The van der Waals surface area contributed by atoms with Crippen molar-refractivity contribution >= 4 is 21.8 Å². The first kappa shape index (κ1) is 13.1. The van der Waals surface area contributed by atoms with Crippen molar-refractivity contribution < 1.29 is 4.52 Å². The summed E-state index contributed by atoms with van der Waals surface area (Å²) in [6.07, 6.45) is 0.872. The summed E-state index contributed by atoms with van der Waals surface area (Å²) >= 11 is 3.54. The van der Waals surface area contributed by atoms with Crippen molar-refractivity contribution in [2.24, 2.45) is 5.92 Å². The number of benzene rings is 1. The Bertz CT molecular complexity index is 561. The molecule has 0 atom stereocenters. The van der Waals surface area contributed by atoms with Crippen molar-refractivity contribution in [2.45, 2.75) is 27.2 Å². The van der Waals surface area contributed by atoms with Gasteiger partial charge < -0.3 is 10.3 Å². The van der Waals surface area contributed by atoms with Crippen LogP contribution in [0.5, 0.6) is 0 Å². The molecule has 18 heavy (non-hydrogen) atoms. The predicted octanol–water partition coefficient (Wildman–Crippen LogP) is 4.19. The van der Waals surface area contributed by atoms with Crippen molar-refractivity contribution in [3.05, 3.63) is 33.8 Å². The van der Waals surface area contributed by atoms with Gasteiger partial charge in [0, 0.05) is 15.6 Å². The SMILES string of the molecule is Cc1c(Br)cccc1-c1noc(N)c1CC(C)C. The van der Waals surface area contributed by atoms with Gasteiger partial charge in [-0.15, -0.1) is 0 Å². The lowest BCUT2D eigenvalue weighted by atomic mass is 9.97. The first-order valence-corrected chi connectivity index (χ1v) is 6.79. The van der Waals surface area contributed by atoms with Crippen LogP contribution in [0.3, 0.4) is 0 Å². The summed E-state index contributed by atoms with van der Waals surface area (Å²) < 4.78 is 6.23. The van der Waals surface area contributed by atoms with E-state index in [1.165, 1.54) is 0 Å². The third kappa shape index (κ3) is 2.43. The molecular weight excluding hydrogens is 292 g/mol. The number of anilines is 1. The topological polar surface area (TPSA) is 52.0 Å². The second kappa shape index (κ2) is 5.14. The third-order valence-electron chi connectivity index (χ3n) is 2.95. The van der Waals surface area contributed by atoms with E-state index in [9.17, 15) is 0 Å². The van der Waals surface area contributed by atoms with Crippen molar-refractivity contribution in [2.75, 3.05) is 5.73 Å². The summed E-state index contributed by atoms with van der Waals surface area (Å²) in [5.41, 5.74) is 9.96. The van der Waals surface area contributed by atoms with Crippen molar-refractivity contribution in [3.63, 3.8) is 0 Å². The summed E-state index contributed by atoms with van der Waals surface area (Å²) in [6.45, 7) is 6.37. The highest BCUT2D eigenvalue weighted by molar-refractivity contribution is 9.10. The van der Waals surface area contributed by atoms with Crippen LogP contribution in [0.2, 0.25) is 0 Å². The van der Waals surface area contributed by atoms with Crippen molar-refractivity contribution in [1.29, 1.82) is 0 Å². The number of nitrogen functional groups attached to an aromatic ring is 1. The smallest absolute Gasteiger partial charge is 0.225 e. The number of aromatic nitrogens is 1. The van der Waals surface area contributed by atoms with Gasteiger partial charge in [-0.3, -0.25) is 0 Å². The van der Waals surface area contributed by atoms with Gasteiger partial charge in [0.2, 0.25) is 5.88 Å². The number of rotatable bonds is 3. The van der Waals surface area contributed by atoms with Gasteiger partial charge in [-0.2, -0.15) is 0 Å². The molecule has 0 bridgehead atoms. The summed E-state index contributed by atoms with van der Waals surface area (Å²) in [5, 5.41) is 4.12. The van der Waals surface area contributed by atoms with Crippen LogP contribution in [-0.2, 0) is 6.42 Å². The van der Waals surface area contributed by atoms with E-state index in [0.29, 0.717) is 11.8 Å². The van der Waals surface area contributed by atoms with E-state index in [1.807, 2.05) is 18.2 Å². The van der Waals surface area contributed by atoms with Crippen molar-refractivity contribution in [3.8, 4) is 11.3 Å². The van der Waals surface area contributed by atoms with Crippen LogP contribution in [0.4, 0.5) is 5.88 Å². The molecule has 1 heterocycles. The normalized spacial score (nSPS) is 11.2. The molecule has 0 aliphatic carbocycles. The monoisotopic (exact) mass is 308 g/mol. The molecule has 0 aliphatic heterocycles. The second-order valence-electron chi connectivity index (χ2n) is 4.88. The van der Waals surface area contributed by atoms with Gasteiger partial charge in [0.05, 0.1) is 0 Å². The average molecular weight is 309 g/mol. The standard InChI is InChI=1S/C14H17BrN2O/c1-8(2)7-11-13(17-18-14(11)16)10-5-4-6-12(15)9(10)3/h4-6,8H,7,16H2,1-3H3. The Morgan fingerprint density at radius 2 is 2.11 bits per heavy atom. The Kier molecular flexibility index (Phi) is 3.76. The molecule has 0 saturated carbocycles. The Balaban J connectivity index is 2.54. The molecule has 3 nitrogen and oxygen atoms in total. The zero-order valence-corrected chi connectivity index (χ0v) is 12.4. The molecule has 1 aromatic heterocycles. The molecule has 2 aromatic rings. The fourth-order valence-electron chi connectivity index (χ4n) is 2.00. The summed E-state index contributed by atoms with van der Waals surface area (Å²) in [7, 11) is 0. The third-order valence-corrected chi connectivity index (χ3v) is 3.81. The molecule has 0 spiro atoms. The number of nitrogens with zero attached hydrogens (tertiary/aromatic N) is 1.